The molecule has 3 aromatic carbocycles. The minimum atomic E-state index is -0.558. The van der Waals surface area contributed by atoms with Crippen molar-refractivity contribution in [2.75, 3.05) is 6.79 Å². The van der Waals surface area contributed by atoms with Crippen LogP contribution >= 0.6 is 27.5 Å². The zero-order valence-electron chi connectivity index (χ0n) is 17.3. The maximum absolute atomic E-state index is 13.1. The van der Waals surface area contributed by atoms with Gasteiger partial charge in [-0.3, -0.25) is 4.79 Å². The third kappa shape index (κ3) is 4.27. The largest absolute Gasteiger partial charge is 0.467 e. The number of carbonyl (C=O) groups is 2. The Bertz CT molecular complexity index is 1350. The van der Waals surface area contributed by atoms with Crippen LogP contribution in [0.3, 0.4) is 0 Å². The Morgan fingerprint density at radius 3 is 2.85 bits per heavy atom. The highest BCUT2D eigenvalue weighted by Gasteiger charge is 2.31. The first kappa shape index (κ1) is 21.7. The van der Waals surface area contributed by atoms with E-state index in [1.54, 1.807) is 37.3 Å². The van der Waals surface area contributed by atoms with Crippen molar-refractivity contribution in [2.24, 2.45) is 0 Å². The molecule has 0 radical (unpaired) electrons. The van der Waals surface area contributed by atoms with Crippen LogP contribution in [0.15, 0.2) is 58.8 Å². The van der Waals surface area contributed by atoms with Gasteiger partial charge in [0.25, 0.3) is 0 Å². The molecule has 0 saturated heterocycles. The zero-order chi connectivity index (χ0) is 23.1. The highest BCUT2D eigenvalue weighted by atomic mass is 79.9. The lowest BCUT2D eigenvalue weighted by Crippen LogP contribution is -2.12. The number of halogens is 2. The third-order valence-corrected chi connectivity index (χ3v) is 5.90. The quantitative estimate of drug-likeness (QED) is 0.232. The number of carbonyl (C=O) groups excluding carboxylic acids is 2. The summed E-state index contributed by atoms with van der Waals surface area (Å²) in [7, 11) is 0. The number of hydrogen-bond acceptors (Lipinski definition) is 6. The second-order valence-electron chi connectivity index (χ2n) is 7.55. The van der Waals surface area contributed by atoms with Gasteiger partial charge in [0.1, 0.15) is 17.2 Å². The molecule has 0 unspecified atom stereocenters. The van der Waals surface area contributed by atoms with Gasteiger partial charge in [0.15, 0.2) is 12.6 Å². The second-order valence-corrected chi connectivity index (χ2v) is 8.90. The van der Waals surface area contributed by atoms with Gasteiger partial charge in [0.05, 0.1) is 17.7 Å². The van der Waals surface area contributed by atoms with E-state index >= 15 is 0 Å². The first-order valence-electron chi connectivity index (χ1n) is 9.98. The number of esters is 1. The molecule has 2 aliphatic heterocycles. The molecule has 2 aliphatic rings. The molecule has 8 heteroatoms. The maximum Gasteiger partial charge on any atom is 0.343 e. The summed E-state index contributed by atoms with van der Waals surface area (Å²) < 4.78 is 23.2. The molecule has 0 aliphatic carbocycles. The number of Topliss-reactive ketones (excluding diaryl/α,β-unsaturated/α-hetero) is 1. The van der Waals surface area contributed by atoms with Crippen molar-refractivity contribution in [1.82, 2.24) is 0 Å². The van der Waals surface area contributed by atoms with Gasteiger partial charge in [-0.15, -0.1) is 0 Å². The summed E-state index contributed by atoms with van der Waals surface area (Å²) in [6.07, 6.45) is 1.65. The third-order valence-electron chi connectivity index (χ3n) is 5.20. The summed E-state index contributed by atoms with van der Waals surface area (Å²) in [5.41, 5.74) is 2.95. The molecule has 166 valence electrons. The summed E-state index contributed by atoms with van der Waals surface area (Å²) >= 11 is 9.44. The fourth-order valence-corrected chi connectivity index (χ4v) is 4.49. The van der Waals surface area contributed by atoms with Crippen molar-refractivity contribution in [1.29, 1.82) is 0 Å². The van der Waals surface area contributed by atoms with E-state index in [2.05, 4.69) is 15.9 Å². The lowest BCUT2D eigenvalue weighted by molar-refractivity contribution is -0.0165. The molecule has 5 rings (SSSR count). The first-order valence-corrected chi connectivity index (χ1v) is 11.2. The molecule has 0 atom stereocenters. The minimum Gasteiger partial charge on any atom is -0.467 e. The molecule has 0 fully saturated rings. The van der Waals surface area contributed by atoms with E-state index in [4.69, 9.17) is 30.5 Å². The highest BCUT2D eigenvalue weighted by molar-refractivity contribution is 9.10. The lowest BCUT2D eigenvalue weighted by atomic mass is 10.0. The van der Waals surface area contributed by atoms with Gasteiger partial charge >= 0.3 is 5.97 Å². The van der Waals surface area contributed by atoms with Crippen LogP contribution < -0.4 is 14.2 Å². The first-order chi connectivity index (χ1) is 15.9. The Hall–Kier alpha value is -3.13. The van der Waals surface area contributed by atoms with Gasteiger partial charge in [0.2, 0.25) is 5.78 Å². The lowest BCUT2D eigenvalue weighted by Gasteiger charge is -2.20. The Balaban J connectivity index is 1.45. The van der Waals surface area contributed by atoms with Crippen molar-refractivity contribution in [3.05, 3.63) is 91.6 Å². The zero-order valence-corrected chi connectivity index (χ0v) is 19.7. The Morgan fingerprint density at radius 2 is 2.03 bits per heavy atom. The number of hydrogen-bond donors (Lipinski definition) is 0. The van der Waals surface area contributed by atoms with Crippen LogP contribution in [0.1, 0.15) is 37.4 Å². The molecule has 0 aromatic heterocycles. The fourth-order valence-electron chi connectivity index (χ4n) is 3.77. The molecule has 6 nitrogen and oxygen atoms in total. The van der Waals surface area contributed by atoms with E-state index in [0.29, 0.717) is 45.4 Å². The van der Waals surface area contributed by atoms with Crippen LogP contribution in [-0.4, -0.2) is 18.5 Å². The van der Waals surface area contributed by atoms with Crippen LogP contribution in [-0.2, 0) is 11.3 Å². The van der Waals surface area contributed by atoms with E-state index < -0.39 is 5.97 Å². The maximum atomic E-state index is 13.1. The average Bonchev–Trinajstić information content (AvgIpc) is 3.09. The van der Waals surface area contributed by atoms with E-state index in [1.165, 1.54) is 12.1 Å². The molecule has 33 heavy (non-hydrogen) atoms. The molecular weight excluding hydrogens is 512 g/mol. The van der Waals surface area contributed by atoms with E-state index in [0.717, 1.165) is 10.0 Å². The molecule has 0 amide bonds. The van der Waals surface area contributed by atoms with Crippen LogP contribution in [0.2, 0.25) is 5.02 Å². The standard InChI is InChI=1S/C25H16BrClO6/c1-13-5-19(32-25(29)14-3-2-4-18(27)8-14)10-20-22(13)23(28)21(33-20)9-15-6-17(26)7-16-11-30-12-31-24(15)16/h2-10H,11-12H2,1H3/b21-9-. The predicted octanol–water partition coefficient (Wildman–Crippen LogP) is 6.11. The van der Waals surface area contributed by atoms with Crippen LogP contribution in [0, 0.1) is 6.92 Å². The summed E-state index contributed by atoms with van der Waals surface area (Å²) in [5, 5.41) is 0.434. The van der Waals surface area contributed by atoms with Crippen LogP contribution in [0.25, 0.3) is 6.08 Å². The van der Waals surface area contributed by atoms with Crippen LogP contribution in [0.5, 0.6) is 17.2 Å². The van der Waals surface area contributed by atoms with Gasteiger partial charge in [0, 0.05) is 26.7 Å². The number of allylic oxidation sites excluding steroid dienone is 1. The van der Waals surface area contributed by atoms with Gasteiger partial charge in [-0.1, -0.05) is 33.6 Å². The topological polar surface area (TPSA) is 71.1 Å². The van der Waals surface area contributed by atoms with Gasteiger partial charge in [-0.2, -0.15) is 0 Å². The molecule has 0 saturated carbocycles. The Labute approximate surface area is 202 Å². The second kappa shape index (κ2) is 8.67. The van der Waals surface area contributed by atoms with Gasteiger partial charge < -0.3 is 18.9 Å². The Morgan fingerprint density at radius 1 is 1.18 bits per heavy atom. The van der Waals surface area contributed by atoms with Gasteiger partial charge in [-0.05, 0) is 55.0 Å². The average molecular weight is 528 g/mol. The number of aryl methyl sites for hydroxylation is 1. The van der Waals surface area contributed by atoms with E-state index in [-0.39, 0.29) is 24.1 Å². The SMILES string of the molecule is Cc1cc(OC(=O)c2cccc(Cl)c2)cc2c1C(=O)/C(=C/c1cc(Br)cc3c1OCOC3)O2. The summed E-state index contributed by atoms with van der Waals surface area (Å²) in [4.78, 5) is 25.6. The predicted molar refractivity (Wildman–Crippen MR) is 125 cm³/mol. The number of ketones is 1. The highest BCUT2D eigenvalue weighted by Crippen LogP contribution is 2.39. The van der Waals surface area contributed by atoms with Crippen molar-refractivity contribution in [3.63, 3.8) is 0 Å². The number of benzene rings is 3. The van der Waals surface area contributed by atoms with Crippen molar-refractivity contribution >= 4 is 45.4 Å². The smallest absolute Gasteiger partial charge is 0.343 e. The molecule has 0 N–H and O–H groups in total. The fraction of sp³-hybridized carbons (Fsp3) is 0.120. The minimum absolute atomic E-state index is 0.139. The van der Waals surface area contributed by atoms with Gasteiger partial charge in [-0.25, -0.2) is 4.79 Å². The molecule has 0 spiro atoms. The van der Waals surface area contributed by atoms with Crippen molar-refractivity contribution in [3.8, 4) is 17.2 Å². The van der Waals surface area contributed by atoms with E-state index in [1.807, 2.05) is 12.1 Å². The Kier molecular flexibility index (Phi) is 5.70. The molecule has 2 heterocycles. The summed E-state index contributed by atoms with van der Waals surface area (Å²) in [6.45, 7) is 2.32. The summed E-state index contributed by atoms with van der Waals surface area (Å²) in [5.74, 6) is 0.589. The monoisotopic (exact) mass is 526 g/mol. The molecular formula is C25H16BrClO6. The van der Waals surface area contributed by atoms with Crippen molar-refractivity contribution < 1.29 is 28.5 Å². The molecule has 3 aromatic rings. The van der Waals surface area contributed by atoms with Crippen LogP contribution in [0.4, 0.5) is 0 Å². The summed E-state index contributed by atoms with van der Waals surface area (Å²) in [6, 6.07) is 13.4. The number of fused-ring (bicyclic) bond motifs is 2. The molecule has 0 bridgehead atoms. The van der Waals surface area contributed by atoms with Crippen molar-refractivity contribution in [2.45, 2.75) is 13.5 Å². The number of rotatable bonds is 3. The number of ether oxygens (including phenoxy) is 4. The normalized spacial score (nSPS) is 15.5. The van der Waals surface area contributed by atoms with E-state index in [9.17, 15) is 9.59 Å².